The first-order valence-electron chi connectivity index (χ1n) is 1.81. The van der Waals surface area contributed by atoms with Crippen molar-refractivity contribution >= 4 is 18.9 Å². The summed E-state index contributed by atoms with van der Waals surface area (Å²) in [5, 5.41) is 0. The Morgan fingerprint density at radius 2 is 1.67 bits per heavy atom. The van der Waals surface area contributed by atoms with E-state index in [4.69, 9.17) is 0 Å². The van der Waals surface area contributed by atoms with Crippen molar-refractivity contribution in [2.45, 2.75) is 0 Å². The van der Waals surface area contributed by atoms with E-state index in [1.165, 1.54) is 0 Å². The van der Waals surface area contributed by atoms with Crippen LogP contribution in [0.1, 0.15) is 0 Å². The monoisotopic (exact) mass is 130 g/mol. The normalized spacial score (nSPS) is 6.67. The predicted octanol–water partition coefficient (Wildman–Crippen LogP) is -0.995. The van der Waals surface area contributed by atoms with Gasteiger partial charge in [-0.05, 0) is 0 Å². The molecule has 9 heavy (non-hydrogen) atoms. The fourth-order valence-corrected chi connectivity index (χ4v) is 0.163. The zero-order valence-corrected chi connectivity index (χ0v) is 4.20. The Kier molecular flexibility index (Phi) is 3.73. The second-order valence-corrected chi connectivity index (χ2v) is 0.818. The molecule has 0 atom stereocenters. The van der Waals surface area contributed by atoms with Gasteiger partial charge in [-0.15, -0.1) is 0 Å². The second kappa shape index (κ2) is 4.55. The van der Waals surface area contributed by atoms with Crippen LogP contribution in [0.2, 0.25) is 0 Å². The molecule has 0 heterocycles. The third-order valence-corrected chi connectivity index (χ3v) is 0.394. The molecule has 0 bridgehead atoms. The Hall–Kier alpha value is -1.61. The van der Waals surface area contributed by atoms with E-state index in [0.29, 0.717) is 0 Å². The highest BCUT2D eigenvalue weighted by atomic mass is 16.7. The molecule has 5 nitrogen and oxygen atoms in total. The summed E-state index contributed by atoms with van der Waals surface area (Å²) >= 11 is 0. The van der Waals surface area contributed by atoms with Gasteiger partial charge in [-0.25, -0.2) is 4.79 Å². The molecule has 0 N–H and O–H groups in total. The Labute approximate surface area is 49.9 Å². The van der Waals surface area contributed by atoms with Crippen molar-refractivity contribution in [2.24, 2.45) is 0 Å². The van der Waals surface area contributed by atoms with Gasteiger partial charge < -0.3 is 9.47 Å². The molecule has 0 aliphatic carbocycles. The van der Waals surface area contributed by atoms with E-state index in [1.807, 2.05) is 0 Å². The van der Waals surface area contributed by atoms with Crippen LogP contribution in [0.25, 0.3) is 0 Å². The minimum atomic E-state index is -0.792. The first kappa shape index (κ1) is 7.39. The Morgan fingerprint density at radius 1 is 1.22 bits per heavy atom. The summed E-state index contributed by atoms with van der Waals surface area (Å²) in [6.07, 6.45) is 0. The lowest BCUT2D eigenvalue weighted by Gasteiger charge is -1.90. The number of hydrogen-bond acceptors (Lipinski definition) is 5. The topological polar surface area (TPSA) is 69.7 Å². The fraction of sp³-hybridized carbons (Fsp3) is 0. The smallest absolute Gasteiger partial charge is 0.385 e. The van der Waals surface area contributed by atoms with E-state index in [2.05, 4.69) is 9.47 Å². The van der Waals surface area contributed by atoms with Crippen molar-refractivity contribution in [1.29, 1.82) is 0 Å². The number of rotatable bonds is 4. The Morgan fingerprint density at radius 3 is 1.89 bits per heavy atom. The van der Waals surface area contributed by atoms with Crippen molar-refractivity contribution in [3.8, 4) is 0 Å². The molecule has 0 unspecified atom stereocenters. The molecule has 0 aromatic rings. The maximum absolute atomic E-state index is 9.56. The fourth-order valence-electron chi connectivity index (χ4n) is 0.163. The molecule has 0 saturated heterocycles. The van der Waals surface area contributed by atoms with Gasteiger partial charge in [0.2, 0.25) is 5.94 Å². The average Bonchev–Trinajstić information content (AvgIpc) is 1.88. The largest absolute Gasteiger partial charge is 0.386 e. The quantitative estimate of drug-likeness (QED) is 0.277. The number of carbonyl (C=O) groups is 2. The SMILES string of the molecule is O=C=C(OC=O)OC=O. The molecule has 0 aliphatic heterocycles. The van der Waals surface area contributed by atoms with Crippen LogP contribution in [-0.2, 0) is 23.9 Å². The Balaban J connectivity index is 3.83. The summed E-state index contributed by atoms with van der Waals surface area (Å²) in [5.74, 6) is 0.272. The van der Waals surface area contributed by atoms with Gasteiger partial charge in [-0.3, -0.25) is 9.59 Å². The summed E-state index contributed by atoms with van der Waals surface area (Å²) in [5.41, 5.74) is 0. The lowest BCUT2D eigenvalue weighted by atomic mass is 11.0. The minimum Gasteiger partial charge on any atom is -0.386 e. The van der Waals surface area contributed by atoms with Gasteiger partial charge in [-0.1, -0.05) is 0 Å². The van der Waals surface area contributed by atoms with Crippen LogP contribution < -0.4 is 0 Å². The molecule has 0 amide bonds. The molecule has 0 aromatic heterocycles. The van der Waals surface area contributed by atoms with Gasteiger partial charge in [0.25, 0.3) is 0 Å². The zero-order chi connectivity index (χ0) is 7.11. The summed E-state index contributed by atoms with van der Waals surface area (Å²) in [4.78, 5) is 28.4. The molecule has 0 radical (unpaired) electrons. The molecule has 48 valence electrons. The van der Waals surface area contributed by atoms with E-state index in [-0.39, 0.29) is 12.9 Å². The van der Waals surface area contributed by atoms with Gasteiger partial charge in [0.1, 0.15) is 0 Å². The molecule has 0 rings (SSSR count). The van der Waals surface area contributed by atoms with Crippen molar-refractivity contribution in [1.82, 2.24) is 0 Å². The molecular weight excluding hydrogens is 128 g/mol. The Bertz CT molecular complexity index is 142. The average molecular weight is 130 g/mol. The van der Waals surface area contributed by atoms with Crippen LogP contribution in [0.5, 0.6) is 0 Å². The van der Waals surface area contributed by atoms with Crippen LogP contribution in [0.3, 0.4) is 0 Å². The second-order valence-electron chi connectivity index (χ2n) is 0.818. The summed E-state index contributed by atoms with van der Waals surface area (Å²) in [7, 11) is 0. The van der Waals surface area contributed by atoms with Gasteiger partial charge in [0.05, 0.1) is 0 Å². The van der Waals surface area contributed by atoms with E-state index in [0.717, 1.165) is 5.94 Å². The molecule has 5 heteroatoms. The van der Waals surface area contributed by atoms with Crippen molar-refractivity contribution in [2.75, 3.05) is 0 Å². The third kappa shape index (κ3) is 3.02. The summed E-state index contributed by atoms with van der Waals surface area (Å²) in [6.45, 7) is -0.104. The van der Waals surface area contributed by atoms with Crippen LogP contribution in [0, 0.1) is 0 Å². The third-order valence-electron chi connectivity index (χ3n) is 0.394. The predicted molar refractivity (Wildman–Crippen MR) is 23.5 cm³/mol. The highest BCUT2D eigenvalue weighted by molar-refractivity contribution is 5.55. The lowest BCUT2D eigenvalue weighted by Crippen LogP contribution is -1.94. The van der Waals surface area contributed by atoms with Crippen molar-refractivity contribution < 1.29 is 23.9 Å². The molecule has 0 fully saturated rings. The molecule has 0 saturated carbocycles. The highest BCUT2D eigenvalue weighted by Gasteiger charge is 1.95. The molecular formula is C4H2O5. The minimum absolute atomic E-state index is 0.0519. The number of hydrogen-bond donors (Lipinski definition) is 0. The zero-order valence-electron chi connectivity index (χ0n) is 4.20. The standard InChI is InChI=1S/C4H2O5/c5-1-4(8-2-6)9-3-7/h2-3H. The molecule has 0 aromatic carbocycles. The van der Waals surface area contributed by atoms with Crippen molar-refractivity contribution in [3.63, 3.8) is 0 Å². The van der Waals surface area contributed by atoms with Crippen LogP contribution >= 0.6 is 0 Å². The van der Waals surface area contributed by atoms with E-state index in [1.54, 1.807) is 0 Å². The maximum Gasteiger partial charge on any atom is 0.385 e. The maximum atomic E-state index is 9.56. The first-order valence-corrected chi connectivity index (χ1v) is 1.81. The lowest BCUT2D eigenvalue weighted by molar-refractivity contribution is -0.137. The van der Waals surface area contributed by atoms with Crippen LogP contribution in [-0.4, -0.2) is 18.9 Å². The van der Waals surface area contributed by atoms with E-state index in [9.17, 15) is 14.4 Å². The van der Waals surface area contributed by atoms with Gasteiger partial charge in [0.15, 0.2) is 0 Å². The van der Waals surface area contributed by atoms with Crippen LogP contribution in [0.4, 0.5) is 0 Å². The molecule has 0 spiro atoms. The summed E-state index contributed by atoms with van der Waals surface area (Å²) < 4.78 is 7.58. The van der Waals surface area contributed by atoms with Gasteiger partial charge >= 0.3 is 18.9 Å². The van der Waals surface area contributed by atoms with Gasteiger partial charge in [-0.2, -0.15) is 0 Å². The number of ether oxygens (including phenoxy) is 2. The highest BCUT2D eigenvalue weighted by Crippen LogP contribution is 1.86. The number of carbonyl (C=O) groups excluding carboxylic acids is 3. The van der Waals surface area contributed by atoms with E-state index >= 15 is 0 Å². The van der Waals surface area contributed by atoms with Crippen molar-refractivity contribution in [3.05, 3.63) is 5.95 Å². The van der Waals surface area contributed by atoms with E-state index < -0.39 is 5.95 Å². The summed E-state index contributed by atoms with van der Waals surface area (Å²) in [6, 6.07) is 0. The van der Waals surface area contributed by atoms with Gasteiger partial charge in [0, 0.05) is 0 Å². The van der Waals surface area contributed by atoms with Crippen LogP contribution in [0.15, 0.2) is 5.95 Å². The molecule has 0 aliphatic rings. The first-order chi connectivity index (χ1) is 4.35.